The van der Waals surface area contributed by atoms with Crippen molar-refractivity contribution in [3.8, 4) is 17.2 Å². The Morgan fingerprint density at radius 2 is 2.16 bits per heavy atom. The molecule has 1 saturated heterocycles. The Bertz CT molecular complexity index is 557. The van der Waals surface area contributed by atoms with Crippen LogP contribution in [0.4, 0.5) is 0 Å². The maximum Gasteiger partial charge on any atom is 0.168 e. The van der Waals surface area contributed by atoms with Crippen LogP contribution in [0.25, 0.3) is 0 Å². The van der Waals surface area contributed by atoms with Crippen molar-refractivity contribution >= 4 is 0 Å². The highest BCUT2D eigenvalue weighted by atomic mass is 16.5. The maximum absolute atomic E-state index is 9.25. The molecule has 2 aromatic rings. The first-order chi connectivity index (χ1) is 9.24. The largest absolute Gasteiger partial charge is 0.508 e. The van der Waals surface area contributed by atoms with Gasteiger partial charge in [-0.05, 0) is 44.2 Å². The molecule has 0 amide bonds. The number of rotatable bonds is 3. The summed E-state index contributed by atoms with van der Waals surface area (Å²) in [7, 11) is 0. The van der Waals surface area contributed by atoms with Gasteiger partial charge < -0.3 is 15.2 Å². The molecule has 1 aliphatic heterocycles. The molecule has 0 aliphatic carbocycles. The van der Waals surface area contributed by atoms with Crippen LogP contribution >= 0.6 is 0 Å². The molecule has 0 radical (unpaired) electrons. The lowest BCUT2D eigenvalue weighted by Crippen LogP contribution is -2.15. The normalized spacial score (nSPS) is 18.7. The zero-order valence-corrected chi connectivity index (χ0v) is 10.8. The average Bonchev–Trinajstić information content (AvgIpc) is 3.03. The lowest BCUT2D eigenvalue weighted by molar-refractivity contribution is 0.452. The maximum atomic E-state index is 9.25. The number of nitrogens with zero attached hydrogens (tertiary/aromatic N) is 2. The number of nitrogens with one attached hydrogen (secondary N) is 1. The Kier molecular flexibility index (Phi) is 3.13. The first-order valence-corrected chi connectivity index (χ1v) is 6.46. The molecular weight excluding hydrogens is 242 g/mol. The van der Waals surface area contributed by atoms with E-state index < -0.39 is 0 Å². The van der Waals surface area contributed by atoms with Gasteiger partial charge in [0.2, 0.25) is 0 Å². The fourth-order valence-electron chi connectivity index (χ4n) is 2.37. The van der Waals surface area contributed by atoms with Gasteiger partial charge in [-0.25, -0.2) is 0 Å². The summed E-state index contributed by atoms with van der Waals surface area (Å²) in [6, 6.07) is 7.11. The number of hydrogen-bond acceptors (Lipinski definition) is 4. The van der Waals surface area contributed by atoms with Crippen molar-refractivity contribution in [3.05, 3.63) is 36.2 Å². The molecule has 1 fully saturated rings. The minimum atomic E-state index is 0.233. The zero-order valence-electron chi connectivity index (χ0n) is 10.8. The summed E-state index contributed by atoms with van der Waals surface area (Å²) in [5.74, 6) is 1.69. The van der Waals surface area contributed by atoms with Gasteiger partial charge in [0.1, 0.15) is 11.5 Å². The first kappa shape index (κ1) is 12.0. The monoisotopic (exact) mass is 259 g/mol. The number of hydrogen-bond donors (Lipinski definition) is 2. The third kappa shape index (κ3) is 2.42. The van der Waals surface area contributed by atoms with E-state index in [2.05, 4.69) is 10.4 Å². The standard InChI is InChI=1S/C14H17N3O2/c1-10-14(19-13-4-2-12(18)3-5-13)9-16-17(10)11-6-7-15-8-11/h2-5,9,11,15,18H,6-8H2,1H3. The SMILES string of the molecule is Cc1c(Oc2ccc(O)cc2)cnn1C1CCNC1. The van der Waals surface area contributed by atoms with Crippen LogP contribution in [0.15, 0.2) is 30.5 Å². The van der Waals surface area contributed by atoms with Gasteiger partial charge in [0.15, 0.2) is 5.75 Å². The van der Waals surface area contributed by atoms with E-state index in [1.54, 1.807) is 30.5 Å². The van der Waals surface area contributed by atoms with Crippen molar-refractivity contribution < 1.29 is 9.84 Å². The van der Waals surface area contributed by atoms with Crippen molar-refractivity contribution in [1.82, 2.24) is 15.1 Å². The minimum absolute atomic E-state index is 0.233. The van der Waals surface area contributed by atoms with E-state index in [-0.39, 0.29) is 5.75 Å². The Morgan fingerprint density at radius 1 is 1.37 bits per heavy atom. The lowest BCUT2D eigenvalue weighted by Gasteiger charge is -2.12. The van der Waals surface area contributed by atoms with Crippen LogP contribution in [0.5, 0.6) is 17.2 Å². The van der Waals surface area contributed by atoms with E-state index in [0.29, 0.717) is 11.8 Å². The van der Waals surface area contributed by atoms with Gasteiger partial charge in [0, 0.05) is 6.54 Å². The summed E-state index contributed by atoms with van der Waals surface area (Å²) in [6.45, 7) is 4.01. The Hall–Kier alpha value is -2.01. The number of benzene rings is 1. The molecule has 3 rings (SSSR count). The van der Waals surface area contributed by atoms with E-state index in [1.165, 1.54) is 0 Å². The Balaban J connectivity index is 1.80. The topological polar surface area (TPSA) is 59.3 Å². The molecule has 1 unspecified atom stereocenters. The molecule has 2 heterocycles. The van der Waals surface area contributed by atoms with Crippen LogP contribution in [0.3, 0.4) is 0 Å². The summed E-state index contributed by atoms with van der Waals surface area (Å²) in [4.78, 5) is 0. The van der Waals surface area contributed by atoms with Crippen LogP contribution in [0.1, 0.15) is 18.2 Å². The third-order valence-electron chi connectivity index (χ3n) is 3.44. The van der Waals surface area contributed by atoms with Crippen LogP contribution < -0.4 is 10.1 Å². The predicted octanol–water partition coefficient (Wildman–Crippen LogP) is 2.22. The van der Waals surface area contributed by atoms with Gasteiger partial charge in [-0.1, -0.05) is 0 Å². The molecule has 5 nitrogen and oxygen atoms in total. The molecule has 1 aromatic heterocycles. The van der Waals surface area contributed by atoms with Gasteiger partial charge in [0.05, 0.1) is 17.9 Å². The van der Waals surface area contributed by atoms with Crippen LogP contribution in [-0.2, 0) is 0 Å². The van der Waals surface area contributed by atoms with Crippen molar-refractivity contribution in [2.24, 2.45) is 0 Å². The van der Waals surface area contributed by atoms with Crippen molar-refractivity contribution in [2.45, 2.75) is 19.4 Å². The molecule has 5 heteroatoms. The van der Waals surface area contributed by atoms with Crippen molar-refractivity contribution in [2.75, 3.05) is 13.1 Å². The molecule has 1 aliphatic rings. The number of ether oxygens (including phenoxy) is 1. The van der Waals surface area contributed by atoms with Crippen molar-refractivity contribution in [1.29, 1.82) is 0 Å². The van der Waals surface area contributed by atoms with E-state index in [0.717, 1.165) is 31.0 Å². The first-order valence-electron chi connectivity index (χ1n) is 6.46. The van der Waals surface area contributed by atoms with E-state index in [9.17, 15) is 5.11 Å². The summed E-state index contributed by atoms with van der Waals surface area (Å²) in [5.41, 5.74) is 1.03. The molecule has 1 atom stereocenters. The third-order valence-corrected chi connectivity index (χ3v) is 3.44. The van der Waals surface area contributed by atoms with Crippen LogP contribution in [0, 0.1) is 6.92 Å². The highest BCUT2D eigenvalue weighted by Crippen LogP contribution is 2.28. The van der Waals surface area contributed by atoms with E-state index >= 15 is 0 Å². The summed E-state index contributed by atoms with van der Waals surface area (Å²) in [6.07, 6.45) is 2.85. The lowest BCUT2D eigenvalue weighted by atomic mass is 10.2. The molecular formula is C14H17N3O2. The molecule has 0 spiro atoms. The second-order valence-corrected chi connectivity index (χ2v) is 4.78. The molecule has 0 bridgehead atoms. The predicted molar refractivity (Wildman–Crippen MR) is 71.7 cm³/mol. The fourth-order valence-corrected chi connectivity index (χ4v) is 2.37. The smallest absolute Gasteiger partial charge is 0.168 e. The quantitative estimate of drug-likeness (QED) is 0.887. The highest BCUT2D eigenvalue weighted by Gasteiger charge is 2.20. The van der Waals surface area contributed by atoms with Gasteiger partial charge >= 0.3 is 0 Å². The van der Waals surface area contributed by atoms with Gasteiger partial charge in [-0.3, -0.25) is 4.68 Å². The van der Waals surface area contributed by atoms with Gasteiger partial charge in [0.25, 0.3) is 0 Å². The van der Waals surface area contributed by atoms with Gasteiger partial charge in [-0.2, -0.15) is 5.10 Å². The summed E-state index contributed by atoms with van der Waals surface area (Å²) < 4.78 is 7.81. The number of phenolic OH excluding ortho intramolecular Hbond substituents is 1. The summed E-state index contributed by atoms with van der Waals surface area (Å²) in [5, 5.41) is 17.0. The second-order valence-electron chi connectivity index (χ2n) is 4.78. The molecule has 0 saturated carbocycles. The Labute approximate surface area is 111 Å². The number of aromatic hydroxyl groups is 1. The second kappa shape index (κ2) is 4.93. The zero-order chi connectivity index (χ0) is 13.2. The Morgan fingerprint density at radius 3 is 2.84 bits per heavy atom. The summed E-state index contributed by atoms with van der Waals surface area (Å²) >= 11 is 0. The number of aromatic nitrogens is 2. The average molecular weight is 259 g/mol. The molecule has 19 heavy (non-hydrogen) atoms. The highest BCUT2D eigenvalue weighted by molar-refractivity contribution is 5.35. The van der Waals surface area contributed by atoms with Crippen LogP contribution in [0.2, 0.25) is 0 Å². The van der Waals surface area contributed by atoms with Crippen molar-refractivity contribution in [3.63, 3.8) is 0 Å². The van der Waals surface area contributed by atoms with Crippen LogP contribution in [-0.4, -0.2) is 28.0 Å². The fraction of sp³-hybridized carbons (Fsp3) is 0.357. The molecule has 100 valence electrons. The number of phenols is 1. The van der Waals surface area contributed by atoms with E-state index in [1.807, 2.05) is 11.6 Å². The molecule has 2 N–H and O–H groups in total. The minimum Gasteiger partial charge on any atom is -0.508 e. The van der Waals surface area contributed by atoms with E-state index in [4.69, 9.17) is 4.74 Å². The molecule has 1 aromatic carbocycles. The van der Waals surface area contributed by atoms with Gasteiger partial charge in [-0.15, -0.1) is 0 Å².